The average molecular weight is 300 g/mol. The van der Waals surface area contributed by atoms with Crippen LogP contribution in [0.1, 0.15) is 13.8 Å². The van der Waals surface area contributed by atoms with Crippen molar-refractivity contribution in [3.05, 3.63) is 0 Å². The van der Waals surface area contributed by atoms with Crippen molar-refractivity contribution < 1.29 is 46.3 Å². The fourth-order valence-electron chi connectivity index (χ4n) is 0.0577. The fraction of sp³-hybridized carbons (Fsp3) is 0.857. The van der Waals surface area contributed by atoms with Gasteiger partial charge in [-0.2, -0.15) is 21.6 Å². The second-order valence-electron chi connectivity index (χ2n) is 2.85. The molecule has 0 rings (SSSR count). The molecule has 18 heavy (non-hydrogen) atoms. The third kappa shape index (κ3) is 20.6. The number of aliphatic hydroxyl groups excluding tert-OH is 3. The molecule has 0 aromatic carbocycles. The number of carbonyl (C=O) groups is 1. The predicted octanol–water partition coefficient (Wildman–Crippen LogP) is -0.679. The van der Waals surface area contributed by atoms with E-state index in [1.165, 1.54) is 13.8 Å². The SMILES string of the molecule is CC(C)=O.O=S(=O)(O)C(F)(F)F.OCC(O)CO. The molecule has 0 fully saturated rings. The maximum Gasteiger partial charge on any atom is 0.522 e. The number of hydrogen-bond acceptors (Lipinski definition) is 6. The maximum absolute atomic E-state index is 10.7. The van der Waals surface area contributed by atoms with Gasteiger partial charge in [0.15, 0.2) is 0 Å². The van der Waals surface area contributed by atoms with E-state index in [0.29, 0.717) is 0 Å². The van der Waals surface area contributed by atoms with Crippen molar-refractivity contribution in [2.45, 2.75) is 25.5 Å². The first kappa shape index (κ1) is 22.4. The van der Waals surface area contributed by atoms with E-state index in [2.05, 4.69) is 0 Å². The Morgan fingerprint density at radius 1 is 1.17 bits per heavy atom. The quantitative estimate of drug-likeness (QED) is 0.392. The molecule has 0 atom stereocenters. The van der Waals surface area contributed by atoms with Crippen LogP contribution in [0.15, 0.2) is 0 Å². The molecule has 0 radical (unpaired) electrons. The van der Waals surface area contributed by atoms with Crippen molar-refractivity contribution >= 4 is 15.9 Å². The number of alkyl halides is 3. The van der Waals surface area contributed by atoms with E-state index >= 15 is 0 Å². The maximum atomic E-state index is 10.7. The molecule has 0 saturated carbocycles. The van der Waals surface area contributed by atoms with E-state index in [0.717, 1.165) is 0 Å². The summed E-state index contributed by atoms with van der Waals surface area (Å²) in [5.41, 5.74) is -5.53. The molecule has 0 aliphatic carbocycles. The summed E-state index contributed by atoms with van der Waals surface area (Å²) in [5, 5.41) is 24.0. The molecule has 0 amide bonds. The first-order valence-corrected chi connectivity index (χ1v) is 5.64. The second kappa shape index (κ2) is 10.2. The summed E-state index contributed by atoms with van der Waals surface area (Å²) in [4.78, 5) is 9.44. The summed E-state index contributed by atoms with van der Waals surface area (Å²) in [6.07, 6.45) is -0.954. The normalized spacial score (nSPS) is 11.0. The Kier molecular flexibility index (Phi) is 12.7. The Labute approximate surface area is 102 Å². The molecule has 0 unspecified atom stereocenters. The van der Waals surface area contributed by atoms with Crippen LogP contribution >= 0.6 is 0 Å². The lowest BCUT2D eigenvalue weighted by Crippen LogP contribution is -2.21. The molecule has 0 heterocycles. The monoisotopic (exact) mass is 300 g/mol. The van der Waals surface area contributed by atoms with Gasteiger partial charge >= 0.3 is 15.6 Å². The Bertz CT molecular complexity index is 303. The van der Waals surface area contributed by atoms with E-state index in [9.17, 15) is 18.0 Å². The fourth-order valence-corrected chi connectivity index (χ4v) is 0.0577. The molecule has 0 aliphatic rings. The summed E-state index contributed by atoms with van der Waals surface area (Å²) >= 11 is 0. The number of carbonyl (C=O) groups excluding carboxylic acids is 1. The molecule has 0 aliphatic heterocycles. The zero-order valence-electron chi connectivity index (χ0n) is 9.55. The molecule has 0 spiro atoms. The average Bonchev–Trinajstić information content (AvgIpc) is 2.13. The Morgan fingerprint density at radius 3 is 1.33 bits per heavy atom. The first-order valence-electron chi connectivity index (χ1n) is 4.20. The van der Waals surface area contributed by atoms with E-state index in [4.69, 9.17) is 28.3 Å². The third-order valence-corrected chi connectivity index (χ3v) is 1.30. The van der Waals surface area contributed by atoms with Crippen molar-refractivity contribution in [3.8, 4) is 0 Å². The van der Waals surface area contributed by atoms with Gasteiger partial charge in [-0.25, -0.2) is 0 Å². The lowest BCUT2D eigenvalue weighted by molar-refractivity contribution is -0.115. The molecule has 11 heteroatoms. The first-order chi connectivity index (χ1) is 7.79. The van der Waals surface area contributed by atoms with Gasteiger partial charge in [-0.3, -0.25) is 4.55 Å². The molecule has 4 N–H and O–H groups in total. The molecule has 0 bridgehead atoms. The van der Waals surface area contributed by atoms with Gasteiger partial charge in [-0.1, -0.05) is 0 Å². The molecule has 0 aromatic rings. The van der Waals surface area contributed by atoms with Crippen LogP contribution < -0.4 is 0 Å². The van der Waals surface area contributed by atoms with Crippen LogP contribution in [-0.4, -0.2) is 58.9 Å². The van der Waals surface area contributed by atoms with Gasteiger partial charge in [-0.15, -0.1) is 0 Å². The highest BCUT2D eigenvalue weighted by molar-refractivity contribution is 7.86. The molecular weight excluding hydrogens is 285 g/mol. The number of Topliss-reactive ketones (excluding diaryl/α,β-unsaturated/α-hetero) is 1. The van der Waals surface area contributed by atoms with Crippen molar-refractivity contribution in [1.29, 1.82) is 0 Å². The summed E-state index contributed by atoms with van der Waals surface area (Å²) in [6, 6.07) is 0. The van der Waals surface area contributed by atoms with Crippen LogP contribution in [-0.2, 0) is 14.9 Å². The predicted molar refractivity (Wildman–Crippen MR) is 54.1 cm³/mol. The number of ketones is 1. The number of rotatable bonds is 2. The van der Waals surface area contributed by atoms with Gasteiger partial charge in [0.2, 0.25) is 0 Å². The van der Waals surface area contributed by atoms with Crippen LogP contribution in [0.25, 0.3) is 0 Å². The minimum atomic E-state index is -5.84. The van der Waals surface area contributed by atoms with E-state index < -0.39 is 21.7 Å². The zero-order chi connectivity index (χ0) is 15.6. The Balaban J connectivity index is -0.000000200. The van der Waals surface area contributed by atoms with Crippen LogP contribution in [0, 0.1) is 0 Å². The summed E-state index contributed by atoms with van der Waals surface area (Å²) in [6.45, 7) is 2.33. The van der Waals surface area contributed by atoms with Gasteiger partial charge < -0.3 is 20.1 Å². The standard InChI is InChI=1S/C3H8O3.C3H6O.CHF3O3S/c4-1-3(6)2-5;1-3(2)4;2-1(3,4)8(5,6)7/h3-6H,1-2H2;1-2H3;(H,5,6,7). The number of hydrogen-bond donors (Lipinski definition) is 4. The van der Waals surface area contributed by atoms with Gasteiger partial charge in [-0.05, 0) is 13.8 Å². The molecule has 0 aromatic heterocycles. The van der Waals surface area contributed by atoms with Crippen LogP contribution in [0.2, 0.25) is 0 Å². The van der Waals surface area contributed by atoms with Gasteiger partial charge in [0.25, 0.3) is 0 Å². The Hall–Kier alpha value is -0.750. The summed E-state index contributed by atoms with van der Waals surface area (Å²) in [7, 11) is -5.84. The van der Waals surface area contributed by atoms with E-state index in [1.807, 2.05) is 0 Å². The minimum absolute atomic E-state index is 0.167. The van der Waals surface area contributed by atoms with E-state index in [-0.39, 0.29) is 19.0 Å². The largest absolute Gasteiger partial charge is 0.522 e. The molecular formula is C7H15F3O7S. The lowest BCUT2D eigenvalue weighted by Gasteiger charge is -1.97. The van der Waals surface area contributed by atoms with Crippen molar-refractivity contribution in [1.82, 2.24) is 0 Å². The summed E-state index contributed by atoms with van der Waals surface area (Å²) < 4.78 is 57.5. The van der Waals surface area contributed by atoms with Gasteiger partial charge in [0.05, 0.1) is 13.2 Å². The van der Waals surface area contributed by atoms with Crippen molar-refractivity contribution in [2.24, 2.45) is 0 Å². The van der Waals surface area contributed by atoms with Crippen molar-refractivity contribution in [2.75, 3.05) is 13.2 Å². The second-order valence-corrected chi connectivity index (χ2v) is 4.26. The van der Waals surface area contributed by atoms with Crippen LogP contribution in [0.4, 0.5) is 13.2 Å². The molecule has 0 saturated heterocycles. The van der Waals surface area contributed by atoms with Crippen molar-refractivity contribution in [3.63, 3.8) is 0 Å². The molecule has 7 nitrogen and oxygen atoms in total. The highest BCUT2D eigenvalue weighted by Crippen LogP contribution is 2.20. The Morgan fingerprint density at radius 2 is 1.33 bits per heavy atom. The van der Waals surface area contributed by atoms with Gasteiger partial charge in [0.1, 0.15) is 11.9 Å². The van der Waals surface area contributed by atoms with E-state index in [1.54, 1.807) is 0 Å². The smallest absolute Gasteiger partial charge is 0.394 e. The highest BCUT2D eigenvalue weighted by atomic mass is 32.2. The summed E-state index contributed by atoms with van der Waals surface area (Å²) in [5.74, 6) is 0.167. The molecule has 112 valence electrons. The highest BCUT2D eigenvalue weighted by Gasteiger charge is 2.44. The van der Waals surface area contributed by atoms with Gasteiger partial charge in [0, 0.05) is 0 Å². The lowest BCUT2D eigenvalue weighted by atomic mass is 10.4. The zero-order valence-corrected chi connectivity index (χ0v) is 10.4. The van der Waals surface area contributed by atoms with Crippen LogP contribution in [0.3, 0.4) is 0 Å². The van der Waals surface area contributed by atoms with Crippen LogP contribution in [0.5, 0.6) is 0 Å². The third-order valence-electron chi connectivity index (χ3n) is 0.714. The minimum Gasteiger partial charge on any atom is -0.394 e. The number of halogens is 3. The number of aliphatic hydroxyl groups is 3. The topological polar surface area (TPSA) is 132 Å².